The molecule has 2 aliphatic rings. The Labute approximate surface area is 87.3 Å². The Hall–Kier alpha value is -0.910. The smallest absolute Gasteiger partial charge is 0.336 e. The average molecular weight is 214 g/mol. The fourth-order valence-electron chi connectivity index (χ4n) is 1.83. The third-order valence-electron chi connectivity index (χ3n) is 2.55. The van der Waals surface area contributed by atoms with Gasteiger partial charge in [-0.1, -0.05) is 0 Å². The van der Waals surface area contributed by atoms with Crippen molar-refractivity contribution in [3.8, 4) is 0 Å². The Morgan fingerprint density at radius 1 is 1.47 bits per heavy atom. The summed E-state index contributed by atoms with van der Waals surface area (Å²) in [5.74, 6) is -1.57. The Morgan fingerprint density at radius 3 is 2.80 bits per heavy atom. The van der Waals surface area contributed by atoms with Crippen LogP contribution in [0.5, 0.6) is 0 Å². The molecule has 2 N–H and O–H groups in total. The molecule has 0 saturated heterocycles. The average Bonchev–Trinajstić information content (AvgIpc) is 2.19. The van der Waals surface area contributed by atoms with Crippen LogP contribution in [0.2, 0.25) is 0 Å². The van der Waals surface area contributed by atoms with Gasteiger partial charge in [0.05, 0.1) is 6.10 Å². The van der Waals surface area contributed by atoms with Crippen molar-refractivity contribution in [1.82, 2.24) is 0 Å². The first kappa shape index (κ1) is 10.6. The number of hydrogen-bond donors (Lipinski definition) is 2. The third-order valence-corrected chi connectivity index (χ3v) is 2.55. The molecule has 2 rings (SSSR count). The molecule has 1 aliphatic carbocycles. The van der Waals surface area contributed by atoms with Gasteiger partial charge in [-0.2, -0.15) is 0 Å². The Kier molecular flexibility index (Phi) is 2.33. The first-order valence-corrected chi connectivity index (χ1v) is 4.87. The molecule has 5 heteroatoms. The molecule has 1 heterocycles. The fourth-order valence-corrected chi connectivity index (χ4v) is 1.83. The zero-order chi connectivity index (χ0) is 11.2. The van der Waals surface area contributed by atoms with Crippen LogP contribution in [0.4, 0.5) is 0 Å². The molecule has 0 fully saturated rings. The molecule has 5 nitrogen and oxygen atoms in total. The number of aliphatic hydroxyl groups excluding tert-OH is 2. The van der Waals surface area contributed by atoms with Crippen LogP contribution in [0.3, 0.4) is 0 Å². The van der Waals surface area contributed by atoms with Crippen LogP contribution in [0.25, 0.3) is 0 Å². The molecule has 0 saturated carbocycles. The number of rotatable bonds is 0. The van der Waals surface area contributed by atoms with Crippen molar-refractivity contribution >= 4 is 5.97 Å². The first-order chi connectivity index (χ1) is 6.89. The van der Waals surface area contributed by atoms with Crippen LogP contribution in [0.1, 0.15) is 20.3 Å². The highest BCUT2D eigenvalue weighted by Gasteiger charge is 2.41. The van der Waals surface area contributed by atoms with Gasteiger partial charge in [0.15, 0.2) is 0 Å². The highest BCUT2D eigenvalue weighted by Crippen LogP contribution is 2.30. The van der Waals surface area contributed by atoms with Crippen molar-refractivity contribution in [2.24, 2.45) is 0 Å². The normalized spacial score (nSPS) is 39.1. The van der Waals surface area contributed by atoms with E-state index in [1.165, 1.54) is 6.08 Å². The second-order valence-corrected chi connectivity index (χ2v) is 4.33. The maximum atomic E-state index is 11.5. The number of carbonyl (C=O) groups excluding carboxylic acids is 1. The monoisotopic (exact) mass is 214 g/mol. The van der Waals surface area contributed by atoms with E-state index in [1.807, 2.05) is 0 Å². The molecule has 1 aliphatic heterocycles. The summed E-state index contributed by atoms with van der Waals surface area (Å²) >= 11 is 0. The highest BCUT2D eigenvalue weighted by molar-refractivity contribution is 5.89. The van der Waals surface area contributed by atoms with Gasteiger partial charge in [-0.25, -0.2) is 4.79 Å². The summed E-state index contributed by atoms with van der Waals surface area (Å²) in [5, 5.41) is 19.2. The predicted octanol–water partition coefficient (Wildman–Crippen LogP) is -0.284. The Bertz CT molecular complexity index is 320. The van der Waals surface area contributed by atoms with Crippen molar-refractivity contribution in [3.63, 3.8) is 0 Å². The fraction of sp³-hybridized carbons (Fsp3) is 0.700. The van der Waals surface area contributed by atoms with E-state index in [2.05, 4.69) is 0 Å². The second kappa shape index (κ2) is 3.30. The SMILES string of the molecule is CC1(C)OC(=O)C2=C[C@@H](O1)[C@H](O)[C@@H](O)C2. The summed E-state index contributed by atoms with van der Waals surface area (Å²) in [6.45, 7) is 3.19. The third kappa shape index (κ3) is 1.90. The topological polar surface area (TPSA) is 76.0 Å². The molecule has 0 unspecified atom stereocenters. The Balaban J connectivity index is 2.33. The minimum Gasteiger partial charge on any atom is -0.430 e. The van der Waals surface area contributed by atoms with E-state index in [9.17, 15) is 15.0 Å². The van der Waals surface area contributed by atoms with Crippen molar-refractivity contribution < 1.29 is 24.5 Å². The van der Waals surface area contributed by atoms with Gasteiger partial charge >= 0.3 is 5.97 Å². The molecule has 0 aromatic heterocycles. The quantitative estimate of drug-likeness (QED) is 0.542. The van der Waals surface area contributed by atoms with Gasteiger partial charge < -0.3 is 19.7 Å². The van der Waals surface area contributed by atoms with Crippen LogP contribution < -0.4 is 0 Å². The molecule has 2 bridgehead atoms. The largest absolute Gasteiger partial charge is 0.430 e. The van der Waals surface area contributed by atoms with Crippen molar-refractivity contribution in [3.05, 3.63) is 11.6 Å². The number of cyclic esters (lactones) is 1. The first-order valence-electron chi connectivity index (χ1n) is 4.87. The summed E-state index contributed by atoms with van der Waals surface area (Å²) in [6.07, 6.45) is -1.05. The number of ether oxygens (including phenoxy) is 2. The van der Waals surface area contributed by atoms with Crippen LogP contribution in [-0.2, 0) is 14.3 Å². The molecule has 0 aromatic rings. The van der Waals surface area contributed by atoms with Gasteiger partial charge in [0.1, 0.15) is 12.2 Å². The standard InChI is InChI=1S/C10H14O5/c1-10(2)14-7-4-5(9(13)15-10)3-6(11)8(7)12/h4,6-8,11-12H,3H2,1-2H3/t6-,7+,8+/m0/s1. The van der Waals surface area contributed by atoms with Crippen LogP contribution in [0.15, 0.2) is 11.6 Å². The molecule has 0 radical (unpaired) electrons. The molecule has 0 amide bonds. The number of carbonyl (C=O) groups is 1. The second-order valence-electron chi connectivity index (χ2n) is 4.33. The molecule has 3 atom stereocenters. The summed E-state index contributed by atoms with van der Waals surface area (Å²) in [5.41, 5.74) is 0.364. The van der Waals surface area contributed by atoms with Crippen molar-refractivity contribution in [2.75, 3.05) is 0 Å². The molecular weight excluding hydrogens is 200 g/mol. The van der Waals surface area contributed by atoms with Crippen LogP contribution in [-0.4, -0.2) is 40.3 Å². The highest BCUT2D eigenvalue weighted by atomic mass is 16.7. The summed E-state index contributed by atoms with van der Waals surface area (Å²) in [6, 6.07) is 0. The maximum absolute atomic E-state index is 11.5. The minimum atomic E-state index is -1.08. The maximum Gasteiger partial charge on any atom is 0.336 e. The van der Waals surface area contributed by atoms with Gasteiger partial charge in [0, 0.05) is 25.8 Å². The lowest BCUT2D eigenvalue weighted by Gasteiger charge is -2.31. The van der Waals surface area contributed by atoms with Crippen LogP contribution >= 0.6 is 0 Å². The van der Waals surface area contributed by atoms with E-state index in [0.29, 0.717) is 5.57 Å². The molecule has 0 aromatic carbocycles. The van der Waals surface area contributed by atoms with E-state index in [-0.39, 0.29) is 6.42 Å². The van der Waals surface area contributed by atoms with Gasteiger partial charge in [0.2, 0.25) is 5.79 Å². The van der Waals surface area contributed by atoms with E-state index in [0.717, 1.165) is 0 Å². The zero-order valence-corrected chi connectivity index (χ0v) is 8.64. The molecule has 15 heavy (non-hydrogen) atoms. The number of hydrogen-bond acceptors (Lipinski definition) is 5. The van der Waals surface area contributed by atoms with Gasteiger partial charge in [-0.15, -0.1) is 0 Å². The van der Waals surface area contributed by atoms with Crippen molar-refractivity contribution in [2.45, 2.75) is 44.4 Å². The lowest BCUT2D eigenvalue weighted by Crippen LogP contribution is -2.43. The molecular formula is C10H14O5. The molecule has 0 spiro atoms. The summed E-state index contributed by atoms with van der Waals surface area (Å²) in [7, 11) is 0. The van der Waals surface area contributed by atoms with Crippen molar-refractivity contribution in [1.29, 1.82) is 0 Å². The van der Waals surface area contributed by atoms with E-state index in [1.54, 1.807) is 13.8 Å². The summed E-state index contributed by atoms with van der Waals surface area (Å²) < 4.78 is 10.5. The van der Waals surface area contributed by atoms with E-state index in [4.69, 9.17) is 9.47 Å². The molecule has 84 valence electrons. The lowest BCUT2D eigenvalue weighted by molar-refractivity contribution is -0.232. The van der Waals surface area contributed by atoms with Crippen LogP contribution in [0, 0.1) is 0 Å². The number of aliphatic hydroxyl groups is 2. The van der Waals surface area contributed by atoms with Gasteiger partial charge in [-0.3, -0.25) is 0 Å². The number of fused-ring (bicyclic) bond motifs is 1. The lowest BCUT2D eigenvalue weighted by atomic mass is 9.92. The van der Waals surface area contributed by atoms with E-state index < -0.39 is 30.1 Å². The Morgan fingerprint density at radius 2 is 2.13 bits per heavy atom. The summed E-state index contributed by atoms with van der Waals surface area (Å²) in [4.78, 5) is 11.5. The van der Waals surface area contributed by atoms with E-state index >= 15 is 0 Å². The minimum absolute atomic E-state index is 0.107. The zero-order valence-electron chi connectivity index (χ0n) is 8.64. The van der Waals surface area contributed by atoms with Gasteiger partial charge in [-0.05, 0) is 6.08 Å². The van der Waals surface area contributed by atoms with Gasteiger partial charge in [0.25, 0.3) is 0 Å². The number of esters is 1. The predicted molar refractivity (Wildman–Crippen MR) is 49.8 cm³/mol.